The Bertz CT molecular complexity index is 1080. The van der Waals surface area contributed by atoms with Crippen molar-refractivity contribution in [2.45, 2.75) is 26.0 Å². The highest BCUT2D eigenvalue weighted by molar-refractivity contribution is 7.99. The van der Waals surface area contributed by atoms with Gasteiger partial charge in [-0.05, 0) is 37.1 Å². The van der Waals surface area contributed by atoms with Crippen LogP contribution in [0.15, 0.2) is 29.1 Å². The molecule has 0 aliphatic rings. The molecule has 0 atom stereocenters. The van der Waals surface area contributed by atoms with Gasteiger partial charge in [0.2, 0.25) is 5.91 Å². The number of hydrogen-bond donors (Lipinski definition) is 2. The first kappa shape index (κ1) is 19.1. The lowest BCUT2D eigenvalue weighted by atomic mass is 10.1. The number of carbonyl (C=O) groups excluding carboxylic acids is 1. The average Bonchev–Trinajstić information content (AvgIpc) is 2.91. The SMILES string of the molecule is Cc1sc2nc(CSCC(=O)Nc3ccc(CC#N)cc3)[nH]c(=O)c2c1C. The first-order valence-electron chi connectivity index (χ1n) is 8.30. The molecule has 2 heterocycles. The third-order valence-electron chi connectivity index (χ3n) is 4.08. The Labute approximate surface area is 164 Å². The predicted octanol–water partition coefficient (Wildman–Crippen LogP) is 3.54. The molecule has 3 rings (SSSR count). The molecule has 0 bridgehead atoms. The van der Waals surface area contributed by atoms with Crippen LogP contribution in [0.5, 0.6) is 0 Å². The van der Waals surface area contributed by atoms with Crippen molar-refractivity contribution < 1.29 is 4.79 Å². The summed E-state index contributed by atoms with van der Waals surface area (Å²) in [6.45, 7) is 3.91. The number of nitrogens with zero attached hydrogens (tertiary/aromatic N) is 2. The molecule has 0 radical (unpaired) electrons. The molecule has 27 heavy (non-hydrogen) atoms. The molecule has 0 saturated heterocycles. The molecule has 1 aromatic carbocycles. The molecule has 0 spiro atoms. The molecule has 3 aromatic rings. The number of nitriles is 1. The number of aryl methyl sites for hydroxylation is 2. The highest BCUT2D eigenvalue weighted by Crippen LogP contribution is 2.26. The van der Waals surface area contributed by atoms with Gasteiger partial charge in [-0.25, -0.2) is 4.98 Å². The predicted molar refractivity (Wildman–Crippen MR) is 110 cm³/mol. The van der Waals surface area contributed by atoms with E-state index in [1.807, 2.05) is 26.0 Å². The van der Waals surface area contributed by atoms with Gasteiger partial charge in [0.1, 0.15) is 10.7 Å². The van der Waals surface area contributed by atoms with Gasteiger partial charge in [0.25, 0.3) is 5.56 Å². The molecule has 0 unspecified atom stereocenters. The van der Waals surface area contributed by atoms with Crippen LogP contribution in [0.4, 0.5) is 5.69 Å². The van der Waals surface area contributed by atoms with Crippen molar-refractivity contribution in [3.63, 3.8) is 0 Å². The molecule has 8 heteroatoms. The van der Waals surface area contributed by atoms with Gasteiger partial charge in [0.15, 0.2) is 0 Å². The Hall–Kier alpha value is -2.63. The number of carbonyl (C=O) groups is 1. The molecule has 0 aliphatic carbocycles. The molecular formula is C19H18N4O2S2. The lowest BCUT2D eigenvalue weighted by Gasteiger charge is -2.06. The van der Waals surface area contributed by atoms with Crippen LogP contribution in [0.3, 0.4) is 0 Å². The zero-order chi connectivity index (χ0) is 19.4. The standard InChI is InChI=1S/C19H18N4O2S2/c1-11-12(2)27-19-17(11)18(25)22-15(23-19)9-26-10-16(24)21-14-5-3-13(4-6-14)7-8-20/h3-6H,7,9-10H2,1-2H3,(H,21,24)(H,22,23,25). The summed E-state index contributed by atoms with van der Waals surface area (Å²) < 4.78 is 0. The van der Waals surface area contributed by atoms with E-state index in [4.69, 9.17) is 5.26 Å². The molecule has 138 valence electrons. The summed E-state index contributed by atoms with van der Waals surface area (Å²) in [6, 6.07) is 9.29. The second-order valence-corrected chi connectivity index (χ2v) is 8.24. The van der Waals surface area contributed by atoms with Crippen LogP contribution in [-0.2, 0) is 17.0 Å². The lowest BCUT2D eigenvalue weighted by Crippen LogP contribution is -2.15. The van der Waals surface area contributed by atoms with Gasteiger partial charge in [-0.15, -0.1) is 23.1 Å². The summed E-state index contributed by atoms with van der Waals surface area (Å²) >= 11 is 2.90. The van der Waals surface area contributed by atoms with E-state index >= 15 is 0 Å². The fraction of sp³-hybridized carbons (Fsp3) is 0.263. The maximum Gasteiger partial charge on any atom is 0.259 e. The van der Waals surface area contributed by atoms with Crippen molar-refractivity contribution in [1.82, 2.24) is 9.97 Å². The van der Waals surface area contributed by atoms with Gasteiger partial charge in [0, 0.05) is 10.6 Å². The minimum absolute atomic E-state index is 0.126. The molecule has 2 aromatic heterocycles. The average molecular weight is 399 g/mol. The van der Waals surface area contributed by atoms with Crippen LogP contribution < -0.4 is 10.9 Å². The van der Waals surface area contributed by atoms with Crippen molar-refractivity contribution in [3.05, 3.63) is 56.4 Å². The summed E-state index contributed by atoms with van der Waals surface area (Å²) in [5.74, 6) is 1.16. The van der Waals surface area contributed by atoms with E-state index in [-0.39, 0.29) is 17.2 Å². The smallest absolute Gasteiger partial charge is 0.259 e. The summed E-state index contributed by atoms with van der Waals surface area (Å²) in [6.07, 6.45) is 0.350. The number of fused-ring (bicyclic) bond motifs is 1. The minimum atomic E-state index is -0.126. The number of anilines is 1. The Morgan fingerprint density at radius 2 is 2.07 bits per heavy atom. The number of thioether (sulfide) groups is 1. The number of nitrogens with one attached hydrogen (secondary N) is 2. The van der Waals surface area contributed by atoms with E-state index in [1.165, 1.54) is 23.1 Å². The van der Waals surface area contributed by atoms with Crippen molar-refractivity contribution in [2.75, 3.05) is 11.1 Å². The largest absolute Gasteiger partial charge is 0.325 e. The molecule has 0 fully saturated rings. The summed E-state index contributed by atoms with van der Waals surface area (Å²) in [5, 5.41) is 12.1. The highest BCUT2D eigenvalue weighted by Gasteiger charge is 2.12. The van der Waals surface area contributed by atoms with Gasteiger partial charge >= 0.3 is 0 Å². The van der Waals surface area contributed by atoms with E-state index in [0.29, 0.717) is 29.1 Å². The maximum atomic E-state index is 12.2. The Balaban J connectivity index is 1.56. The fourth-order valence-electron chi connectivity index (χ4n) is 2.60. The quantitative estimate of drug-likeness (QED) is 0.662. The normalized spacial score (nSPS) is 10.7. The van der Waals surface area contributed by atoms with Crippen LogP contribution in [0.2, 0.25) is 0 Å². The second kappa shape index (κ2) is 8.37. The maximum absolute atomic E-state index is 12.2. The van der Waals surface area contributed by atoms with Crippen LogP contribution >= 0.6 is 23.1 Å². The Morgan fingerprint density at radius 1 is 1.33 bits per heavy atom. The first-order valence-corrected chi connectivity index (χ1v) is 10.3. The third kappa shape index (κ3) is 4.56. The van der Waals surface area contributed by atoms with E-state index in [0.717, 1.165) is 20.8 Å². The molecule has 2 N–H and O–H groups in total. The Kier molecular flexibility index (Phi) is 5.94. The van der Waals surface area contributed by atoms with Gasteiger partial charge < -0.3 is 10.3 Å². The van der Waals surface area contributed by atoms with Crippen LogP contribution in [0, 0.1) is 25.2 Å². The lowest BCUT2D eigenvalue weighted by molar-refractivity contribution is -0.113. The topological polar surface area (TPSA) is 98.6 Å². The van der Waals surface area contributed by atoms with Gasteiger partial charge in [0.05, 0.1) is 29.4 Å². The van der Waals surface area contributed by atoms with Crippen molar-refractivity contribution in [3.8, 4) is 6.07 Å². The van der Waals surface area contributed by atoms with E-state index in [1.54, 1.807) is 12.1 Å². The van der Waals surface area contributed by atoms with E-state index in [2.05, 4.69) is 21.4 Å². The zero-order valence-corrected chi connectivity index (χ0v) is 16.6. The van der Waals surface area contributed by atoms with Crippen molar-refractivity contribution in [1.29, 1.82) is 5.26 Å². The van der Waals surface area contributed by atoms with Gasteiger partial charge in [-0.2, -0.15) is 5.26 Å². The number of hydrogen-bond acceptors (Lipinski definition) is 6. The molecule has 0 saturated carbocycles. The van der Waals surface area contributed by atoms with E-state index < -0.39 is 0 Å². The number of aromatic nitrogens is 2. The van der Waals surface area contributed by atoms with Crippen LogP contribution in [0.25, 0.3) is 10.2 Å². The van der Waals surface area contributed by atoms with Gasteiger partial charge in [-0.3, -0.25) is 9.59 Å². The molecule has 1 amide bonds. The molecule has 0 aliphatic heterocycles. The number of aromatic amines is 1. The van der Waals surface area contributed by atoms with Crippen molar-refractivity contribution in [2.24, 2.45) is 0 Å². The van der Waals surface area contributed by atoms with Crippen molar-refractivity contribution >= 4 is 44.9 Å². The Morgan fingerprint density at radius 3 is 2.78 bits per heavy atom. The number of amides is 1. The highest BCUT2D eigenvalue weighted by atomic mass is 32.2. The summed E-state index contributed by atoms with van der Waals surface area (Å²) in [7, 11) is 0. The van der Waals surface area contributed by atoms with Crippen LogP contribution in [0.1, 0.15) is 21.8 Å². The zero-order valence-electron chi connectivity index (χ0n) is 15.0. The second-order valence-electron chi connectivity index (χ2n) is 6.05. The monoisotopic (exact) mass is 398 g/mol. The molecular weight excluding hydrogens is 380 g/mol. The molecule has 6 nitrogen and oxygen atoms in total. The number of rotatable bonds is 6. The summed E-state index contributed by atoms with van der Waals surface area (Å²) in [5.41, 5.74) is 2.46. The number of thiophene rings is 1. The van der Waals surface area contributed by atoms with Crippen LogP contribution in [-0.4, -0.2) is 21.6 Å². The number of H-pyrrole nitrogens is 1. The minimum Gasteiger partial charge on any atom is -0.325 e. The van der Waals surface area contributed by atoms with Gasteiger partial charge in [-0.1, -0.05) is 12.1 Å². The third-order valence-corrected chi connectivity index (χ3v) is 6.13. The van der Waals surface area contributed by atoms with E-state index in [9.17, 15) is 9.59 Å². The fourth-order valence-corrected chi connectivity index (χ4v) is 4.34. The first-order chi connectivity index (χ1) is 13.0. The summed E-state index contributed by atoms with van der Waals surface area (Å²) in [4.78, 5) is 33.5. The number of benzene rings is 1.